The monoisotopic (exact) mass is 392 g/mol. The number of aromatic amines is 1. The first-order chi connectivity index (χ1) is 12.6. The van der Waals surface area contributed by atoms with Crippen LogP contribution in [-0.2, 0) is 6.54 Å². The highest BCUT2D eigenvalue weighted by molar-refractivity contribution is 6.35. The molecule has 1 unspecified atom stereocenters. The molecule has 3 aromatic rings. The van der Waals surface area contributed by atoms with Crippen LogP contribution in [0.3, 0.4) is 0 Å². The molecule has 0 aliphatic carbocycles. The number of H-pyrrole nitrogens is 1. The van der Waals surface area contributed by atoms with Gasteiger partial charge in [-0.1, -0.05) is 35.3 Å². The number of likely N-dealkylation sites (N-methyl/N-ethyl adjacent to an activating group) is 1. The van der Waals surface area contributed by atoms with E-state index >= 15 is 0 Å². The van der Waals surface area contributed by atoms with Crippen LogP contribution in [0.4, 0.5) is 0 Å². The van der Waals surface area contributed by atoms with Crippen LogP contribution in [0.1, 0.15) is 12.7 Å². The lowest BCUT2D eigenvalue weighted by Gasteiger charge is -2.18. The number of hydrogen-bond acceptors (Lipinski definition) is 3. The molecule has 1 heterocycles. The van der Waals surface area contributed by atoms with Crippen molar-refractivity contribution in [1.82, 2.24) is 9.97 Å². The first kappa shape index (κ1) is 18.7. The number of nitrogens with one attached hydrogen (secondary N) is 2. The minimum absolute atomic E-state index is 0.106. The van der Waals surface area contributed by atoms with Crippen LogP contribution >= 0.6 is 23.2 Å². The highest BCUT2D eigenvalue weighted by Crippen LogP contribution is 2.27. The number of halogens is 2. The van der Waals surface area contributed by atoms with E-state index in [1.807, 2.05) is 18.2 Å². The SMILES string of the molecule is CC[NH+](CCOc1ccc(Cl)cc1Cl)Cc1nc2ccccc2c(=O)[nH]1. The molecule has 5 nitrogen and oxygen atoms in total. The zero-order valence-electron chi connectivity index (χ0n) is 14.4. The van der Waals surface area contributed by atoms with Crippen LogP contribution in [0.25, 0.3) is 10.9 Å². The van der Waals surface area contributed by atoms with Crippen LogP contribution in [0.2, 0.25) is 10.0 Å². The second-order valence-corrected chi connectivity index (χ2v) is 6.83. The molecule has 0 saturated heterocycles. The van der Waals surface area contributed by atoms with Gasteiger partial charge in [-0.3, -0.25) is 4.79 Å². The minimum Gasteiger partial charge on any atom is -0.486 e. The summed E-state index contributed by atoms with van der Waals surface area (Å²) in [4.78, 5) is 20.9. The average Bonchev–Trinajstić information content (AvgIpc) is 2.62. The van der Waals surface area contributed by atoms with Crippen molar-refractivity contribution in [2.75, 3.05) is 19.7 Å². The van der Waals surface area contributed by atoms with Crippen molar-refractivity contribution in [3.63, 3.8) is 0 Å². The molecule has 0 bridgehead atoms. The van der Waals surface area contributed by atoms with Crippen LogP contribution in [-0.4, -0.2) is 29.7 Å². The van der Waals surface area contributed by atoms with E-state index < -0.39 is 0 Å². The van der Waals surface area contributed by atoms with Crippen molar-refractivity contribution >= 4 is 34.1 Å². The van der Waals surface area contributed by atoms with E-state index in [1.54, 1.807) is 24.3 Å². The summed E-state index contributed by atoms with van der Waals surface area (Å²) in [5, 5.41) is 1.68. The highest BCUT2D eigenvalue weighted by atomic mass is 35.5. The Labute approximate surface area is 161 Å². The maximum Gasteiger partial charge on any atom is 0.258 e. The second kappa shape index (κ2) is 8.54. The zero-order chi connectivity index (χ0) is 18.5. The van der Waals surface area contributed by atoms with E-state index in [1.165, 1.54) is 4.90 Å². The van der Waals surface area contributed by atoms with Crippen molar-refractivity contribution in [3.8, 4) is 5.75 Å². The molecule has 0 fully saturated rings. The highest BCUT2D eigenvalue weighted by Gasteiger charge is 2.12. The molecule has 2 N–H and O–H groups in total. The van der Waals surface area contributed by atoms with Crippen molar-refractivity contribution in [3.05, 3.63) is 68.7 Å². The summed E-state index contributed by atoms with van der Waals surface area (Å²) in [7, 11) is 0. The largest absolute Gasteiger partial charge is 0.486 e. The number of fused-ring (bicyclic) bond motifs is 1. The Morgan fingerprint density at radius 2 is 2.00 bits per heavy atom. The number of aromatic nitrogens is 2. The van der Waals surface area contributed by atoms with Crippen molar-refractivity contribution in [2.24, 2.45) is 0 Å². The Morgan fingerprint density at radius 1 is 1.19 bits per heavy atom. The molecule has 2 aromatic carbocycles. The third-order valence-corrected chi connectivity index (χ3v) is 4.72. The molecule has 3 rings (SSSR count). The van der Waals surface area contributed by atoms with Gasteiger partial charge in [-0.25, -0.2) is 4.98 Å². The van der Waals surface area contributed by atoms with Gasteiger partial charge in [-0.05, 0) is 37.3 Å². The molecule has 7 heteroatoms. The molecule has 0 saturated carbocycles. The van der Waals surface area contributed by atoms with Crippen molar-refractivity contribution < 1.29 is 9.64 Å². The smallest absolute Gasteiger partial charge is 0.258 e. The topological polar surface area (TPSA) is 59.4 Å². The van der Waals surface area contributed by atoms with E-state index in [-0.39, 0.29) is 5.56 Å². The van der Waals surface area contributed by atoms with Gasteiger partial charge in [0.25, 0.3) is 5.56 Å². The fraction of sp³-hybridized carbons (Fsp3) is 0.263. The molecule has 1 atom stereocenters. The van der Waals surface area contributed by atoms with Gasteiger partial charge >= 0.3 is 0 Å². The number of hydrogen-bond donors (Lipinski definition) is 2. The lowest BCUT2D eigenvalue weighted by atomic mass is 10.2. The van der Waals surface area contributed by atoms with Crippen LogP contribution in [0.15, 0.2) is 47.3 Å². The number of quaternary nitrogens is 1. The average molecular weight is 393 g/mol. The van der Waals surface area contributed by atoms with E-state index in [4.69, 9.17) is 27.9 Å². The van der Waals surface area contributed by atoms with E-state index in [2.05, 4.69) is 16.9 Å². The summed E-state index contributed by atoms with van der Waals surface area (Å²) in [6.45, 7) is 4.85. The first-order valence-corrected chi connectivity index (χ1v) is 9.21. The van der Waals surface area contributed by atoms with Gasteiger partial charge in [-0.2, -0.15) is 0 Å². The molecule has 26 heavy (non-hydrogen) atoms. The number of nitrogens with zero attached hydrogens (tertiary/aromatic N) is 1. The molecule has 136 valence electrons. The zero-order valence-corrected chi connectivity index (χ0v) is 15.9. The van der Waals surface area contributed by atoms with Crippen molar-refractivity contribution in [1.29, 1.82) is 0 Å². The third kappa shape index (κ3) is 4.55. The van der Waals surface area contributed by atoms with Crippen LogP contribution in [0.5, 0.6) is 5.75 Å². The molecule has 0 aliphatic rings. The normalized spacial score (nSPS) is 12.3. The molecule has 1 aromatic heterocycles. The van der Waals surface area contributed by atoms with Gasteiger partial charge in [0, 0.05) is 5.02 Å². The number of benzene rings is 2. The number of rotatable bonds is 7. The van der Waals surface area contributed by atoms with E-state index in [9.17, 15) is 4.79 Å². The van der Waals surface area contributed by atoms with Gasteiger partial charge in [0.2, 0.25) is 0 Å². The lowest BCUT2D eigenvalue weighted by molar-refractivity contribution is -0.912. The number of ether oxygens (including phenoxy) is 1. The van der Waals surface area contributed by atoms with Gasteiger partial charge in [0.15, 0.2) is 5.82 Å². The summed E-state index contributed by atoms with van der Waals surface area (Å²) in [5.41, 5.74) is 0.608. The third-order valence-electron chi connectivity index (χ3n) is 4.19. The maximum atomic E-state index is 12.2. The Bertz CT molecular complexity index is 959. The molecule has 0 aliphatic heterocycles. The predicted octanol–water partition coefficient (Wildman–Crippen LogP) is 2.71. The first-order valence-electron chi connectivity index (χ1n) is 8.46. The van der Waals surface area contributed by atoms with E-state index in [0.29, 0.717) is 45.7 Å². The predicted molar refractivity (Wildman–Crippen MR) is 104 cm³/mol. The molecule has 0 amide bonds. The maximum absolute atomic E-state index is 12.2. The summed E-state index contributed by atoms with van der Waals surface area (Å²) < 4.78 is 5.75. The summed E-state index contributed by atoms with van der Waals surface area (Å²) in [5.74, 6) is 1.29. The van der Waals surface area contributed by atoms with Gasteiger partial charge < -0.3 is 14.6 Å². The fourth-order valence-corrected chi connectivity index (χ4v) is 3.21. The Kier molecular flexibility index (Phi) is 6.14. The summed E-state index contributed by atoms with van der Waals surface area (Å²) in [6.07, 6.45) is 0. The summed E-state index contributed by atoms with van der Waals surface area (Å²) in [6, 6.07) is 12.5. The van der Waals surface area contributed by atoms with Gasteiger partial charge in [0.1, 0.15) is 25.4 Å². The minimum atomic E-state index is -0.106. The number of para-hydroxylation sites is 1. The Morgan fingerprint density at radius 3 is 2.77 bits per heavy atom. The van der Waals surface area contributed by atoms with E-state index in [0.717, 1.165) is 13.1 Å². The van der Waals surface area contributed by atoms with Gasteiger partial charge in [-0.15, -0.1) is 0 Å². The Hall–Kier alpha value is -2.08. The molecule has 0 radical (unpaired) electrons. The molecular formula is C19H20Cl2N3O2+. The Balaban J connectivity index is 1.63. The quantitative estimate of drug-likeness (QED) is 0.649. The van der Waals surface area contributed by atoms with Gasteiger partial charge in [0.05, 0.1) is 22.5 Å². The van der Waals surface area contributed by atoms with Crippen LogP contribution in [0, 0.1) is 0 Å². The molecular weight excluding hydrogens is 373 g/mol. The fourth-order valence-electron chi connectivity index (χ4n) is 2.74. The summed E-state index contributed by atoms with van der Waals surface area (Å²) >= 11 is 12.0. The standard InChI is InChI=1S/C19H19Cl2N3O2/c1-2-24(9-10-26-17-8-7-13(20)11-15(17)21)12-18-22-16-6-4-3-5-14(16)19(25)23-18/h3-8,11H,2,9-10,12H2,1H3,(H,22,23,25)/p+1. The van der Waals surface area contributed by atoms with Crippen molar-refractivity contribution in [2.45, 2.75) is 13.5 Å². The lowest BCUT2D eigenvalue weighted by Crippen LogP contribution is -3.11. The molecule has 0 spiro atoms. The van der Waals surface area contributed by atoms with Crippen LogP contribution < -0.4 is 15.2 Å². The second-order valence-electron chi connectivity index (χ2n) is 5.98.